The lowest BCUT2D eigenvalue weighted by atomic mass is 10.1. The molecular weight excluding hydrogens is 412 g/mol. The van der Waals surface area contributed by atoms with Gasteiger partial charge >= 0.3 is 0 Å². The second-order valence-electron chi connectivity index (χ2n) is 7.02. The Labute approximate surface area is 185 Å². The Morgan fingerprint density at radius 1 is 0.900 bits per heavy atom. The van der Waals surface area contributed by atoms with Crippen LogP contribution in [0.3, 0.4) is 0 Å². The largest absolute Gasteiger partial charge is 0.368 e. The highest BCUT2D eigenvalue weighted by atomic mass is 32.2. The third-order valence-electron chi connectivity index (χ3n) is 5.01. The van der Waals surface area contributed by atoms with E-state index in [1.165, 1.54) is 23.0 Å². The van der Waals surface area contributed by atoms with Gasteiger partial charge in [0.05, 0.1) is 5.75 Å². The van der Waals surface area contributed by atoms with Crippen molar-refractivity contribution < 1.29 is 4.79 Å². The standard InChI is InChI=1S/C23H24N4OS2/c1-18-7-5-6-10-20(18)26-13-15-27(16-14-26)21(28)17-29-22-23(25-12-11-24-22)30-19-8-3-2-4-9-19/h2-12H,13-17H2,1H3. The molecule has 3 aromatic rings. The van der Waals surface area contributed by atoms with Crippen molar-refractivity contribution in [2.45, 2.75) is 21.9 Å². The molecule has 0 bridgehead atoms. The molecule has 1 aliphatic rings. The van der Waals surface area contributed by atoms with Crippen LogP contribution >= 0.6 is 23.5 Å². The van der Waals surface area contributed by atoms with Gasteiger partial charge in [0, 0.05) is 49.2 Å². The number of aromatic nitrogens is 2. The molecule has 1 fully saturated rings. The fraction of sp³-hybridized carbons (Fsp3) is 0.261. The van der Waals surface area contributed by atoms with Crippen LogP contribution in [0.4, 0.5) is 5.69 Å². The molecule has 2 heterocycles. The van der Waals surface area contributed by atoms with Crippen LogP contribution in [0, 0.1) is 6.92 Å². The molecule has 0 saturated carbocycles. The second-order valence-corrected chi connectivity index (χ2v) is 9.05. The molecule has 1 aliphatic heterocycles. The molecule has 0 aliphatic carbocycles. The van der Waals surface area contributed by atoms with Gasteiger partial charge in [-0.3, -0.25) is 4.79 Å². The highest BCUT2D eigenvalue weighted by Gasteiger charge is 2.22. The fourth-order valence-corrected chi connectivity index (χ4v) is 5.24. The van der Waals surface area contributed by atoms with Gasteiger partial charge < -0.3 is 9.80 Å². The van der Waals surface area contributed by atoms with Crippen LogP contribution in [0.2, 0.25) is 0 Å². The maximum Gasteiger partial charge on any atom is 0.233 e. The summed E-state index contributed by atoms with van der Waals surface area (Å²) in [4.78, 5) is 27.1. The topological polar surface area (TPSA) is 49.3 Å². The molecule has 2 aromatic carbocycles. The molecule has 1 saturated heterocycles. The van der Waals surface area contributed by atoms with Gasteiger partial charge in [0.15, 0.2) is 0 Å². The van der Waals surface area contributed by atoms with E-state index in [2.05, 4.69) is 46.1 Å². The minimum absolute atomic E-state index is 0.158. The first-order valence-corrected chi connectivity index (χ1v) is 11.8. The molecule has 0 unspecified atom stereocenters. The third kappa shape index (κ3) is 5.15. The summed E-state index contributed by atoms with van der Waals surface area (Å²) in [5.74, 6) is 0.538. The Bertz CT molecular complexity index is 991. The predicted octanol–water partition coefficient (Wildman–Crippen LogP) is 4.38. The lowest BCUT2D eigenvalue weighted by Gasteiger charge is -2.36. The molecule has 5 nitrogen and oxygen atoms in total. The summed E-state index contributed by atoms with van der Waals surface area (Å²) in [5.41, 5.74) is 2.54. The molecule has 7 heteroatoms. The van der Waals surface area contributed by atoms with E-state index in [1.807, 2.05) is 35.2 Å². The van der Waals surface area contributed by atoms with Gasteiger partial charge in [-0.25, -0.2) is 9.97 Å². The van der Waals surface area contributed by atoms with Crippen molar-refractivity contribution in [2.24, 2.45) is 0 Å². The van der Waals surface area contributed by atoms with Gasteiger partial charge in [-0.15, -0.1) is 0 Å². The zero-order chi connectivity index (χ0) is 20.8. The van der Waals surface area contributed by atoms with E-state index in [1.54, 1.807) is 24.2 Å². The molecule has 154 valence electrons. The first-order valence-electron chi connectivity index (χ1n) is 9.96. The minimum atomic E-state index is 0.158. The van der Waals surface area contributed by atoms with Crippen LogP contribution in [0.15, 0.2) is 81.9 Å². The summed E-state index contributed by atoms with van der Waals surface area (Å²) in [5, 5.41) is 1.64. The van der Waals surface area contributed by atoms with Crippen molar-refractivity contribution >= 4 is 35.1 Å². The van der Waals surface area contributed by atoms with Gasteiger partial charge in [-0.05, 0) is 30.7 Å². The molecular formula is C23H24N4OS2. The maximum atomic E-state index is 12.8. The van der Waals surface area contributed by atoms with Gasteiger partial charge in [0.2, 0.25) is 5.91 Å². The number of rotatable bonds is 6. The Hall–Kier alpha value is -2.51. The zero-order valence-corrected chi connectivity index (χ0v) is 18.5. The number of para-hydroxylation sites is 1. The average molecular weight is 437 g/mol. The van der Waals surface area contributed by atoms with E-state index in [0.29, 0.717) is 5.75 Å². The summed E-state index contributed by atoms with van der Waals surface area (Å²) in [6.07, 6.45) is 3.38. The molecule has 1 amide bonds. The minimum Gasteiger partial charge on any atom is -0.368 e. The summed E-state index contributed by atoms with van der Waals surface area (Å²) in [6.45, 7) is 5.36. The lowest BCUT2D eigenvalue weighted by Crippen LogP contribution is -2.49. The highest BCUT2D eigenvalue weighted by molar-refractivity contribution is 8.02. The SMILES string of the molecule is Cc1ccccc1N1CCN(C(=O)CSc2nccnc2Sc2ccccc2)CC1. The Morgan fingerprint density at radius 2 is 1.57 bits per heavy atom. The zero-order valence-electron chi connectivity index (χ0n) is 16.9. The highest BCUT2D eigenvalue weighted by Crippen LogP contribution is 2.32. The van der Waals surface area contributed by atoms with Crippen LogP contribution in [0.1, 0.15) is 5.56 Å². The molecule has 0 atom stereocenters. The number of hydrogen-bond donors (Lipinski definition) is 0. The second kappa shape index (κ2) is 10.00. The molecule has 30 heavy (non-hydrogen) atoms. The number of nitrogens with zero attached hydrogens (tertiary/aromatic N) is 4. The number of carbonyl (C=O) groups is 1. The van der Waals surface area contributed by atoms with Crippen LogP contribution in [-0.4, -0.2) is 52.7 Å². The van der Waals surface area contributed by atoms with Crippen molar-refractivity contribution in [3.8, 4) is 0 Å². The van der Waals surface area contributed by atoms with Crippen molar-refractivity contribution in [1.82, 2.24) is 14.9 Å². The summed E-state index contributed by atoms with van der Waals surface area (Å²) in [6, 6.07) is 18.5. The average Bonchev–Trinajstić information content (AvgIpc) is 2.79. The summed E-state index contributed by atoms with van der Waals surface area (Å²) >= 11 is 3.04. The van der Waals surface area contributed by atoms with E-state index in [-0.39, 0.29) is 5.91 Å². The first-order chi connectivity index (χ1) is 14.7. The summed E-state index contributed by atoms with van der Waals surface area (Å²) in [7, 11) is 0. The van der Waals surface area contributed by atoms with Crippen LogP contribution in [0.5, 0.6) is 0 Å². The number of hydrogen-bond acceptors (Lipinski definition) is 6. The molecule has 4 rings (SSSR count). The molecule has 0 spiro atoms. The molecule has 0 N–H and O–H groups in total. The number of amides is 1. The first kappa shape index (κ1) is 20.8. The number of benzene rings is 2. The van der Waals surface area contributed by atoms with E-state index in [9.17, 15) is 4.79 Å². The van der Waals surface area contributed by atoms with E-state index in [4.69, 9.17) is 0 Å². The van der Waals surface area contributed by atoms with E-state index >= 15 is 0 Å². The van der Waals surface area contributed by atoms with Crippen LogP contribution in [-0.2, 0) is 4.79 Å². The van der Waals surface area contributed by atoms with Crippen LogP contribution < -0.4 is 4.90 Å². The lowest BCUT2D eigenvalue weighted by molar-refractivity contribution is -0.128. The monoisotopic (exact) mass is 436 g/mol. The van der Waals surface area contributed by atoms with E-state index in [0.717, 1.165) is 41.1 Å². The van der Waals surface area contributed by atoms with Crippen molar-refractivity contribution in [3.05, 3.63) is 72.6 Å². The van der Waals surface area contributed by atoms with Gasteiger partial charge in [0.1, 0.15) is 10.1 Å². The Kier molecular flexibility index (Phi) is 6.92. The number of anilines is 1. The quantitative estimate of drug-likeness (QED) is 0.535. The number of carbonyl (C=O) groups excluding carboxylic acids is 1. The van der Waals surface area contributed by atoms with Crippen molar-refractivity contribution in [2.75, 3.05) is 36.8 Å². The van der Waals surface area contributed by atoms with Gasteiger partial charge in [0.25, 0.3) is 0 Å². The normalized spacial score (nSPS) is 14.0. The fourth-order valence-electron chi connectivity index (χ4n) is 3.42. The molecule has 0 radical (unpaired) electrons. The number of thioether (sulfide) groups is 1. The van der Waals surface area contributed by atoms with Gasteiger partial charge in [-0.1, -0.05) is 59.9 Å². The van der Waals surface area contributed by atoms with Gasteiger partial charge in [-0.2, -0.15) is 0 Å². The number of piperazine rings is 1. The van der Waals surface area contributed by atoms with E-state index < -0.39 is 0 Å². The van der Waals surface area contributed by atoms with Crippen LogP contribution in [0.25, 0.3) is 0 Å². The van der Waals surface area contributed by atoms with Crippen molar-refractivity contribution in [3.63, 3.8) is 0 Å². The molecule has 1 aromatic heterocycles. The maximum absolute atomic E-state index is 12.8. The Morgan fingerprint density at radius 3 is 2.30 bits per heavy atom. The summed E-state index contributed by atoms with van der Waals surface area (Å²) < 4.78 is 0. The number of aryl methyl sites for hydroxylation is 1. The van der Waals surface area contributed by atoms with Crippen molar-refractivity contribution in [1.29, 1.82) is 0 Å². The third-order valence-corrected chi connectivity index (χ3v) is 7.10. The Balaban J connectivity index is 1.32. The smallest absolute Gasteiger partial charge is 0.233 e. The predicted molar refractivity (Wildman–Crippen MR) is 123 cm³/mol.